The lowest BCUT2D eigenvalue weighted by Gasteiger charge is -2.32. The Balaban J connectivity index is 1.86. The van der Waals surface area contributed by atoms with Crippen molar-refractivity contribution in [1.82, 2.24) is 0 Å². The Morgan fingerprint density at radius 2 is 1.81 bits per heavy atom. The van der Waals surface area contributed by atoms with E-state index in [0.29, 0.717) is 22.6 Å². The van der Waals surface area contributed by atoms with Crippen LogP contribution in [-0.2, 0) is 14.3 Å². The highest BCUT2D eigenvalue weighted by molar-refractivity contribution is 6.15. The molecule has 130 valence electrons. The maximum Gasteiger partial charge on any atom is 0.342 e. The first kappa shape index (κ1) is 16.1. The quantitative estimate of drug-likeness (QED) is 0.794. The van der Waals surface area contributed by atoms with Crippen molar-refractivity contribution < 1.29 is 23.8 Å². The van der Waals surface area contributed by atoms with E-state index in [2.05, 4.69) is 0 Å². The lowest BCUT2D eigenvalue weighted by Crippen LogP contribution is -2.37. The average Bonchev–Trinajstić information content (AvgIpc) is 2.68. The average molecular weight is 348 g/mol. The van der Waals surface area contributed by atoms with E-state index in [0.717, 1.165) is 0 Å². The van der Waals surface area contributed by atoms with Gasteiger partial charge in [0, 0.05) is 5.56 Å². The molecule has 2 aliphatic heterocycles. The van der Waals surface area contributed by atoms with E-state index >= 15 is 0 Å². The molecule has 0 aromatic heterocycles. The fourth-order valence-electron chi connectivity index (χ4n) is 3.08. The van der Waals surface area contributed by atoms with Gasteiger partial charge in [0.2, 0.25) is 0 Å². The molecule has 1 unspecified atom stereocenters. The summed E-state index contributed by atoms with van der Waals surface area (Å²) < 4.78 is 16.9. The third-order valence-corrected chi connectivity index (χ3v) is 4.26. The predicted octanol–water partition coefficient (Wildman–Crippen LogP) is 3.52. The van der Waals surface area contributed by atoms with Gasteiger partial charge in [0.1, 0.15) is 23.3 Å². The van der Waals surface area contributed by atoms with Gasteiger partial charge in [-0.3, -0.25) is 4.79 Å². The van der Waals surface area contributed by atoms with Gasteiger partial charge < -0.3 is 14.2 Å². The highest BCUT2D eigenvalue weighted by Crippen LogP contribution is 2.39. The number of benzene rings is 2. The third-order valence-electron chi connectivity index (χ3n) is 4.26. The van der Waals surface area contributed by atoms with Crippen LogP contribution in [0.25, 0.3) is 5.76 Å². The first-order valence-corrected chi connectivity index (χ1v) is 8.34. The van der Waals surface area contributed by atoms with Gasteiger partial charge in [-0.05, 0) is 19.1 Å². The molecule has 1 atom stereocenters. The summed E-state index contributed by atoms with van der Waals surface area (Å²) in [5.41, 5.74) is 1.63. The Hall–Kier alpha value is -3.34. The molecule has 5 heteroatoms. The summed E-state index contributed by atoms with van der Waals surface area (Å²) >= 11 is 0. The maximum absolute atomic E-state index is 12.8. The summed E-state index contributed by atoms with van der Waals surface area (Å²) in [4.78, 5) is 25.5. The Kier molecular flexibility index (Phi) is 4.05. The molecule has 2 aliphatic rings. The van der Waals surface area contributed by atoms with E-state index in [1.165, 1.54) is 6.26 Å². The standard InChI is InChI=1S/C21H16O5/c1-2-24-21(23)17-19(13-8-4-3-5-9-13)25-12-15-18(22)14-10-6-7-11-16(14)26-20(15)17/h3-12,20H,2H2,1H3. The number of hydrogen-bond acceptors (Lipinski definition) is 5. The Morgan fingerprint density at radius 1 is 1.08 bits per heavy atom. The number of esters is 1. The Labute approximate surface area is 150 Å². The number of para-hydroxylation sites is 1. The lowest BCUT2D eigenvalue weighted by molar-refractivity contribution is -0.139. The van der Waals surface area contributed by atoms with Crippen molar-refractivity contribution in [3.8, 4) is 5.75 Å². The van der Waals surface area contributed by atoms with Gasteiger partial charge in [-0.25, -0.2) is 4.79 Å². The van der Waals surface area contributed by atoms with Gasteiger partial charge in [0.05, 0.1) is 17.7 Å². The summed E-state index contributed by atoms with van der Waals surface area (Å²) in [5, 5.41) is 0. The van der Waals surface area contributed by atoms with Crippen LogP contribution in [0.1, 0.15) is 22.8 Å². The lowest BCUT2D eigenvalue weighted by atomic mass is 9.89. The van der Waals surface area contributed by atoms with Crippen molar-refractivity contribution in [2.24, 2.45) is 0 Å². The van der Waals surface area contributed by atoms with Crippen LogP contribution in [0.5, 0.6) is 5.75 Å². The molecule has 0 saturated carbocycles. The number of rotatable bonds is 3. The fourth-order valence-corrected chi connectivity index (χ4v) is 3.08. The van der Waals surface area contributed by atoms with Crippen LogP contribution >= 0.6 is 0 Å². The van der Waals surface area contributed by atoms with E-state index in [9.17, 15) is 9.59 Å². The minimum absolute atomic E-state index is 0.193. The maximum atomic E-state index is 12.8. The summed E-state index contributed by atoms with van der Waals surface area (Å²) in [6, 6.07) is 16.2. The van der Waals surface area contributed by atoms with Gasteiger partial charge in [0.15, 0.2) is 11.9 Å². The molecule has 0 saturated heterocycles. The van der Waals surface area contributed by atoms with Crippen LogP contribution < -0.4 is 4.74 Å². The molecule has 2 aromatic rings. The summed E-state index contributed by atoms with van der Waals surface area (Å²) in [5.74, 6) is 0.000589. The smallest absolute Gasteiger partial charge is 0.342 e. The van der Waals surface area contributed by atoms with E-state index in [1.54, 1.807) is 31.2 Å². The molecule has 5 nitrogen and oxygen atoms in total. The van der Waals surface area contributed by atoms with Gasteiger partial charge in [-0.15, -0.1) is 0 Å². The van der Waals surface area contributed by atoms with Crippen LogP contribution in [0.4, 0.5) is 0 Å². The highest BCUT2D eigenvalue weighted by atomic mass is 16.5. The molecule has 0 bridgehead atoms. The minimum atomic E-state index is -0.861. The first-order chi connectivity index (χ1) is 12.7. The fraction of sp³-hybridized carbons (Fsp3) is 0.143. The van der Waals surface area contributed by atoms with E-state index in [-0.39, 0.29) is 23.5 Å². The third kappa shape index (κ3) is 2.58. The highest BCUT2D eigenvalue weighted by Gasteiger charge is 2.42. The second-order valence-corrected chi connectivity index (χ2v) is 5.84. The molecule has 2 aromatic carbocycles. The normalized spacial score (nSPS) is 18.1. The molecule has 0 amide bonds. The SMILES string of the molecule is CCOC(=O)C1=C(c2ccccc2)OC=C2C(=O)c3ccccc3OC21. The number of fused-ring (bicyclic) bond motifs is 2. The predicted molar refractivity (Wildman–Crippen MR) is 94.4 cm³/mol. The Bertz CT molecular complexity index is 940. The van der Waals surface area contributed by atoms with Crippen molar-refractivity contribution in [1.29, 1.82) is 0 Å². The van der Waals surface area contributed by atoms with Crippen LogP contribution in [0.15, 0.2) is 72.0 Å². The second-order valence-electron chi connectivity index (χ2n) is 5.84. The van der Waals surface area contributed by atoms with Gasteiger partial charge in [0.25, 0.3) is 0 Å². The van der Waals surface area contributed by atoms with Gasteiger partial charge >= 0.3 is 5.97 Å². The zero-order chi connectivity index (χ0) is 18.1. The zero-order valence-electron chi connectivity index (χ0n) is 14.1. The molecule has 0 spiro atoms. The number of hydrogen-bond donors (Lipinski definition) is 0. The molecular formula is C21H16O5. The van der Waals surface area contributed by atoms with Crippen molar-refractivity contribution in [3.05, 3.63) is 83.1 Å². The molecule has 4 rings (SSSR count). The summed E-state index contributed by atoms with van der Waals surface area (Å²) in [6.45, 7) is 1.93. The van der Waals surface area contributed by atoms with Crippen molar-refractivity contribution >= 4 is 17.5 Å². The molecule has 0 N–H and O–H groups in total. The number of carbonyl (C=O) groups excluding carboxylic acids is 2. The topological polar surface area (TPSA) is 61.8 Å². The van der Waals surface area contributed by atoms with Crippen LogP contribution in [0.2, 0.25) is 0 Å². The second kappa shape index (κ2) is 6.52. The van der Waals surface area contributed by atoms with Crippen LogP contribution in [-0.4, -0.2) is 24.5 Å². The van der Waals surface area contributed by atoms with Crippen molar-refractivity contribution in [3.63, 3.8) is 0 Å². The largest absolute Gasteiger partial charge is 0.480 e. The molecule has 0 aliphatic carbocycles. The van der Waals surface area contributed by atoms with Gasteiger partial charge in [-0.1, -0.05) is 42.5 Å². The molecule has 0 radical (unpaired) electrons. The number of ketones is 1. The van der Waals surface area contributed by atoms with Gasteiger partial charge in [-0.2, -0.15) is 0 Å². The number of carbonyl (C=O) groups is 2. The molecule has 26 heavy (non-hydrogen) atoms. The summed E-state index contributed by atoms with van der Waals surface area (Å²) in [7, 11) is 0. The van der Waals surface area contributed by atoms with Crippen molar-refractivity contribution in [2.45, 2.75) is 13.0 Å². The van der Waals surface area contributed by atoms with Crippen molar-refractivity contribution in [2.75, 3.05) is 6.61 Å². The van der Waals surface area contributed by atoms with Crippen LogP contribution in [0.3, 0.4) is 0 Å². The van der Waals surface area contributed by atoms with Crippen LogP contribution in [0, 0.1) is 0 Å². The summed E-state index contributed by atoms with van der Waals surface area (Å²) in [6.07, 6.45) is 0.508. The molecule has 0 fully saturated rings. The molecular weight excluding hydrogens is 332 g/mol. The Morgan fingerprint density at radius 3 is 2.58 bits per heavy atom. The van der Waals surface area contributed by atoms with E-state index in [1.807, 2.05) is 30.3 Å². The monoisotopic (exact) mass is 348 g/mol. The first-order valence-electron chi connectivity index (χ1n) is 8.34. The minimum Gasteiger partial charge on any atom is -0.480 e. The van der Waals surface area contributed by atoms with E-state index < -0.39 is 12.1 Å². The number of Topliss-reactive ketones (excluding diaryl/α,β-unsaturated/α-hetero) is 1. The number of ether oxygens (including phenoxy) is 3. The van der Waals surface area contributed by atoms with E-state index in [4.69, 9.17) is 14.2 Å². The molecule has 2 heterocycles. The zero-order valence-corrected chi connectivity index (χ0v) is 14.1.